The van der Waals surface area contributed by atoms with Crippen LogP contribution in [0.3, 0.4) is 0 Å². The molecule has 1 aliphatic heterocycles. The molecule has 6 heteroatoms. The molecule has 4 nitrogen and oxygen atoms in total. The van der Waals surface area contributed by atoms with Crippen LogP contribution in [-0.2, 0) is 10.0 Å². The molecule has 96 valence electrons. The van der Waals surface area contributed by atoms with E-state index in [0.29, 0.717) is 16.9 Å². The van der Waals surface area contributed by atoms with Crippen molar-refractivity contribution in [1.82, 2.24) is 4.98 Å². The number of hydrogen-bond donors (Lipinski definition) is 1. The number of halogens is 1. The van der Waals surface area contributed by atoms with Gasteiger partial charge in [-0.05, 0) is 36.4 Å². The number of aromatic nitrogens is 1. The minimum atomic E-state index is -3.68. The summed E-state index contributed by atoms with van der Waals surface area (Å²) in [5.74, 6) is -0.420. The lowest BCUT2D eigenvalue weighted by Gasteiger charge is -2.18. The second-order valence-electron chi connectivity index (χ2n) is 4.06. The summed E-state index contributed by atoms with van der Waals surface area (Å²) in [5.41, 5.74) is 1.17. The molecule has 1 N–H and O–H groups in total. The highest BCUT2D eigenvalue weighted by molar-refractivity contribution is 8.02. The molecule has 0 atom stereocenters. The van der Waals surface area contributed by atoms with Crippen molar-refractivity contribution in [1.29, 1.82) is 0 Å². The average molecular weight is 276 g/mol. The topological polar surface area (TPSA) is 59.1 Å². The van der Waals surface area contributed by atoms with E-state index in [0.717, 1.165) is 0 Å². The summed E-state index contributed by atoms with van der Waals surface area (Å²) >= 11 is 0. The number of benzene rings is 1. The Hall–Kier alpha value is -2.21. The van der Waals surface area contributed by atoms with Gasteiger partial charge in [0.1, 0.15) is 10.7 Å². The van der Waals surface area contributed by atoms with E-state index in [4.69, 9.17) is 0 Å². The summed E-state index contributed by atoms with van der Waals surface area (Å²) in [7, 11) is -3.68. The Bertz CT molecular complexity index is 770. The van der Waals surface area contributed by atoms with Gasteiger partial charge in [0.25, 0.3) is 10.0 Å². The summed E-state index contributed by atoms with van der Waals surface area (Å²) in [6, 6.07) is 8.87. The zero-order valence-corrected chi connectivity index (χ0v) is 10.5. The molecule has 1 aliphatic rings. The Morgan fingerprint density at radius 2 is 2.00 bits per heavy atom. The van der Waals surface area contributed by atoms with Gasteiger partial charge in [-0.1, -0.05) is 6.07 Å². The van der Waals surface area contributed by atoms with E-state index >= 15 is 0 Å². The summed E-state index contributed by atoms with van der Waals surface area (Å²) in [5, 5.41) is 0. The van der Waals surface area contributed by atoms with Crippen molar-refractivity contribution in [2.75, 3.05) is 4.72 Å². The van der Waals surface area contributed by atoms with Crippen molar-refractivity contribution in [2.45, 2.75) is 0 Å². The lowest BCUT2D eigenvalue weighted by molar-refractivity contribution is 0.610. The Morgan fingerprint density at radius 3 is 2.74 bits per heavy atom. The van der Waals surface area contributed by atoms with Crippen LogP contribution in [0.1, 0.15) is 11.3 Å². The van der Waals surface area contributed by atoms with Crippen molar-refractivity contribution in [3.8, 4) is 0 Å². The number of hydrogen-bond acceptors (Lipinski definition) is 3. The Labute approximate surface area is 109 Å². The third-order valence-electron chi connectivity index (χ3n) is 2.75. The van der Waals surface area contributed by atoms with E-state index in [2.05, 4.69) is 9.71 Å². The van der Waals surface area contributed by atoms with Gasteiger partial charge in [0, 0.05) is 11.8 Å². The molecule has 19 heavy (non-hydrogen) atoms. The predicted molar refractivity (Wildman–Crippen MR) is 71.1 cm³/mol. The molecule has 0 aliphatic carbocycles. The maximum Gasteiger partial charge on any atom is 0.264 e. The van der Waals surface area contributed by atoms with Gasteiger partial charge in [0.15, 0.2) is 0 Å². The number of nitrogens with one attached hydrogen (secondary N) is 1. The molecular weight excluding hydrogens is 267 g/mol. The highest BCUT2D eigenvalue weighted by Gasteiger charge is 2.26. The van der Waals surface area contributed by atoms with Crippen LogP contribution < -0.4 is 4.72 Å². The molecule has 0 unspecified atom stereocenters. The van der Waals surface area contributed by atoms with Crippen LogP contribution >= 0.6 is 0 Å². The minimum absolute atomic E-state index is 0.0335. The fraction of sp³-hybridized carbons (Fsp3) is 0. The van der Waals surface area contributed by atoms with Gasteiger partial charge in [0.2, 0.25) is 0 Å². The standard InChI is InChI=1S/C13H9FN2O2S/c14-10-4-5-11-9(7-10)8-13(19(17,18)16-11)12-3-1-2-6-15-12/h1-8,16H. The van der Waals surface area contributed by atoms with Gasteiger partial charge in [-0.3, -0.25) is 9.71 Å². The number of sulfonamides is 1. The van der Waals surface area contributed by atoms with E-state index < -0.39 is 15.8 Å². The largest absolute Gasteiger partial charge is 0.279 e. The van der Waals surface area contributed by atoms with E-state index in [9.17, 15) is 12.8 Å². The Balaban J connectivity index is 2.23. The summed E-state index contributed by atoms with van der Waals surface area (Å²) in [6.45, 7) is 0. The first-order valence-electron chi connectivity index (χ1n) is 5.52. The normalized spacial score (nSPS) is 16.2. The van der Waals surface area contributed by atoms with Crippen LogP contribution in [0.4, 0.5) is 10.1 Å². The number of anilines is 1. The Kier molecular flexibility index (Phi) is 2.60. The quantitative estimate of drug-likeness (QED) is 0.870. The minimum Gasteiger partial charge on any atom is -0.279 e. The van der Waals surface area contributed by atoms with E-state index in [1.54, 1.807) is 18.2 Å². The van der Waals surface area contributed by atoms with Crippen LogP contribution in [0.15, 0.2) is 42.6 Å². The molecule has 0 saturated carbocycles. The van der Waals surface area contributed by atoms with E-state index in [-0.39, 0.29) is 4.91 Å². The molecular formula is C13H9FN2O2S. The molecule has 1 aromatic carbocycles. The molecule has 2 aromatic rings. The average Bonchev–Trinajstić information content (AvgIpc) is 2.39. The smallest absolute Gasteiger partial charge is 0.264 e. The lowest BCUT2D eigenvalue weighted by Crippen LogP contribution is -2.18. The molecule has 2 heterocycles. The van der Waals surface area contributed by atoms with Crippen LogP contribution in [-0.4, -0.2) is 13.4 Å². The molecule has 0 bridgehead atoms. The number of nitrogens with zero attached hydrogens (tertiary/aromatic N) is 1. The fourth-order valence-electron chi connectivity index (χ4n) is 1.88. The highest BCUT2D eigenvalue weighted by atomic mass is 32.2. The first-order valence-corrected chi connectivity index (χ1v) is 7.00. The van der Waals surface area contributed by atoms with Crippen LogP contribution in [0.25, 0.3) is 11.0 Å². The number of pyridine rings is 1. The third-order valence-corrected chi connectivity index (χ3v) is 4.15. The highest BCUT2D eigenvalue weighted by Crippen LogP contribution is 2.33. The Morgan fingerprint density at radius 1 is 1.16 bits per heavy atom. The van der Waals surface area contributed by atoms with Crippen LogP contribution in [0.2, 0.25) is 0 Å². The van der Waals surface area contributed by atoms with Gasteiger partial charge in [-0.25, -0.2) is 12.8 Å². The third kappa shape index (κ3) is 2.10. The second-order valence-corrected chi connectivity index (χ2v) is 5.71. The zero-order valence-electron chi connectivity index (χ0n) is 9.67. The first-order chi connectivity index (χ1) is 9.06. The van der Waals surface area contributed by atoms with Crippen molar-refractivity contribution in [3.63, 3.8) is 0 Å². The van der Waals surface area contributed by atoms with Crippen molar-refractivity contribution < 1.29 is 12.8 Å². The maximum atomic E-state index is 13.2. The summed E-state index contributed by atoms with van der Waals surface area (Å²) in [4.78, 5) is 4.05. The fourth-order valence-corrected chi connectivity index (χ4v) is 3.15. The molecule has 0 radical (unpaired) electrons. The zero-order chi connectivity index (χ0) is 13.5. The van der Waals surface area contributed by atoms with Crippen LogP contribution in [0.5, 0.6) is 0 Å². The maximum absolute atomic E-state index is 13.2. The predicted octanol–water partition coefficient (Wildman–Crippen LogP) is 2.47. The SMILES string of the molecule is O=S1(=O)Nc2ccc(F)cc2C=C1c1ccccn1. The molecule has 1 aromatic heterocycles. The van der Waals surface area contributed by atoms with Gasteiger partial charge >= 0.3 is 0 Å². The molecule has 0 amide bonds. The van der Waals surface area contributed by atoms with Crippen molar-refractivity contribution in [2.24, 2.45) is 0 Å². The van der Waals surface area contributed by atoms with E-state index in [1.807, 2.05) is 0 Å². The van der Waals surface area contributed by atoms with Gasteiger partial charge in [0.05, 0.1) is 11.4 Å². The van der Waals surface area contributed by atoms with Crippen molar-refractivity contribution >= 4 is 26.7 Å². The second kappa shape index (κ2) is 4.17. The number of rotatable bonds is 1. The molecule has 0 spiro atoms. The first kappa shape index (κ1) is 11.9. The molecule has 0 fully saturated rings. The summed E-state index contributed by atoms with van der Waals surface area (Å²) < 4.78 is 39.8. The molecule has 0 saturated heterocycles. The monoisotopic (exact) mass is 276 g/mol. The van der Waals surface area contributed by atoms with E-state index in [1.165, 1.54) is 30.5 Å². The summed E-state index contributed by atoms with van der Waals surface area (Å²) in [6.07, 6.45) is 2.93. The van der Waals surface area contributed by atoms with Gasteiger partial charge in [-0.2, -0.15) is 0 Å². The lowest BCUT2D eigenvalue weighted by atomic mass is 10.1. The van der Waals surface area contributed by atoms with Gasteiger partial charge < -0.3 is 0 Å². The number of fused-ring (bicyclic) bond motifs is 1. The molecule has 3 rings (SSSR count). The van der Waals surface area contributed by atoms with Gasteiger partial charge in [-0.15, -0.1) is 0 Å². The van der Waals surface area contributed by atoms with Crippen LogP contribution in [0, 0.1) is 5.82 Å². The van der Waals surface area contributed by atoms with Crippen molar-refractivity contribution in [3.05, 3.63) is 59.7 Å².